The van der Waals surface area contributed by atoms with Crippen LogP contribution in [0.15, 0.2) is 0 Å². The van der Waals surface area contributed by atoms with Crippen LogP contribution in [-0.4, -0.2) is 34.9 Å². The maximum absolute atomic E-state index is 11.6. The highest BCUT2D eigenvalue weighted by atomic mass is 35.5. The minimum atomic E-state index is -1.12. The van der Waals surface area contributed by atoms with Gasteiger partial charge in [0.2, 0.25) is 0 Å². The predicted molar refractivity (Wildman–Crippen MR) is 80.1 cm³/mol. The molecule has 2 atom stereocenters. The highest BCUT2D eigenvalue weighted by Crippen LogP contribution is 2.21. The van der Waals surface area contributed by atoms with Crippen LogP contribution in [0, 0.1) is 5.41 Å². The van der Waals surface area contributed by atoms with Gasteiger partial charge in [-0.3, -0.25) is 0 Å². The average Bonchev–Trinajstić information content (AvgIpc) is 2.11. The fraction of sp³-hybridized carbons (Fsp3) is 0.846. The molecule has 4 N–H and O–H groups in total. The first-order valence-electron chi connectivity index (χ1n) is 6.31. The molecule has 0 bridgehead atoms. The maximum atomic E-state index is 11.6. The van der Waals surface area contributed by atoms with Crippen LogP contribution >= 0.6 is 12.4 Å². The number of hydrogen-bond acceptors (Lipinski definition) is 4. The Morgan fingerprint density at radius 3 is 1.95 bits per heavy atom. The highest BCUT2D eigenvalue weighted by Gasteiger charge is 2.30. The van der Waals surface area contributed by atoms with Crippen molar-refractivity contribution in [2.75, 3.05) is 0 Å². The zero-order chi connectivity index (χ0) is 15.4. The van der Waals surface area contributed by atoms with Crippen LogP contribution in [0.5, 0.6) is 0 Å². The fourth-order valence-electron chi connectivity index (χ4n) is 1.28. The van der Waals surface area contributed by atoms with E-state index in [9.17, 15) is 9.59 Å². The summed E-state index contributed by atoms with van der Waals surface area (Å²) in [6.45, 7) is 10.9. The van der Waals surface area contributed by atoms with Crippen molar-refractivity contribution in [3.05, 3.63) is 0 Å². The van der Waals surface area contributed by atoms with E-state index in [4.69, 9.17) is 15.6 Å². The van der Waals surface area contributed by atoms with Crippen molar-refractivity contribution in [2.45, 2.75) is 65.6 Å². The molecule has 120 valence electrons. The van der Waals surface area contributed by atoms with E-state index in [-0.39, 0.29) is 30.3 Å². The number of alkyl carbamates (subject to hydrolysis) is 1. The summed E-state index contributed by atoms with van der Waals surface area (Å²) in [5.74, 6) is -1.12. The zero-order valence-corrected chi connectivity index (χ0v) is 13.8. The number of hydrogen-bond donors (Lipinski definition) is 3. The van der Waals surface area contributed by atoms with Gasteiger partial charge in [-0.15, -0.1) is 12.4 Å². The largest absolute Gasteiger partial charge is 0.480 e. The van der Waals surface area contributed by atoms with Crippen LogP contribution < -0.4 is 11.1 Å². The molecule has 0 saturated heterocycles. The lowest BCUT2D eigenvalue weighted by Crippen LogP contribution is -2.48. The lowest BCUT2D eigenvalue weighted by Gasteiger charge is -2.30. The van der Waals surface area contributed by atoms with E-state index in [0.717, 1.165) is 0 Å². The van der Waals surface area contributed by atoms with E-state index in [1.807, 2.05) is 20.8 Å². The first-order valence-corrected chi connectivity index (χ1v) is 6.31. The Morgan fingerprint density at radius 1 is 1.20 bits per heavy atom. The van der Waals surface area contributed by atoms with Gasteiger partial charge in [-0.2, -0.15) is 0 Å². The Balaban J connectivity index is 0. The SMILES string of the molecule is CC(C)(C)OC(=O)NC(CC(N)C(C)(C)C)C(=O)O.Cl. The molecule has 7 heteroatoms. The van der Waals surface area contributed by atoms with Gasteiger partial charge in [0, 0.05) is 6.04 Å². The Morgan fingerprint density at radius 2 is 1.65 bits per heavy atom. The Hall–Kier alpha value is -1.01. The van der Waals surface area contributed by atoms with Gasteiger partial charge >= 0.3 is 12.1 Å². The summed E-state index contributed by atoms with van der Waals surface area (Å²) in [4.78, 5) is 22.7. The molecule has 0 aromatic carbocycles. The molecule has 20 heavy (non-hydrogen) atoms. The zero-order valence-electron chi connectivity index (χ0n) is 13.0. The Bertz CT molecular complexity index is 334. The summed E-state index contributed by atoms with van der Waals surface area (Å²) in [7, 11) is 0. The van der Waals surface area contributed by atoms with Crippen molar-refractivity contribution < 1.29 is 19.4 Å². The number of amides is 1. The molecule has 0 heterocycles. The number of carbonyl (C=O) groups is 2. The van der Waals surface area contributed by atoms with Gasteiger partial charge in [0.25, 0.3) is 0 Å². The third-order valence-corrected chi connectivity index (χ3v) is 2.59. The molecule has 0 spiro atoms. The summed E-state index contributed by atoms with van der Waals surface area (Å²) < 4.78 is 5.03. The molecule has 0 aromatic rings. The van der Waals surface area contributed by atoms with E-state index < -0.39 is 23.7 Å². The molecule has 0 radical (unpaired) electrons. The number of rotatable bonds is 4. The van der Waals surface area contributed by atoms with Gasteiger partial charge < -0.3 is 20.9 Å². The molecular weight excluding hydrogens is 284 g/mol. The molecule has 2 unspecified atom stereocenters. The number of nitrogens with two attached hydrogens (primary N) is 1. The minimum absolute atomic E-state index is 0. The van der Waals surface area contributed by atoms with E-state index in [2.05, 4.69) is 5.32 Å². The second-order valence-electron chi connectivity index (χ2n) is 6.75. The molecule has 0 saturated carbocycles. The number of carboxylic acid groups (broad SMARTS) is 1. The number of carbonyl (C=O) groups excluding carboxylic acids is 1. The van der Waals surface area contributed by atoms with Gasteiger partial charge in [-0.05, 0) is 32.6 Å². The average molecular weight is 311 g/mol. The third kappa shape index (κ3) is 8.98. The number of halogens is 1. The second-order valence-corrected chi connectivity index (χ2v) is 6.75. The first kappa shape index (κ1) is 21.3. The van der Waals surface area contributed by atoms with Crippen LogP contribution in [-0.2, 0) is 9.53 Å². The molecule has 0 aliphatic rings. The number of ether oxygens (including phenoxy) is 1. The molecule has 0 aliphatic carbocycles. The number of nitrogens with one attached hydrogen (secondary N) is 1. The van der Waals surface area contributed by atoms with Crippen molar-refractivity contribution in [3.63, 3.8) is 0 Å². The van der Waals surface area contributed by atoms with Crippen molar-refractivity contribution in [3.8, 4) is 0 Å². The van der Waals surface area contributed by atoms with Gasteiger partial charge in [-0.25, -0.2) is 9.59 Å². The molecule has 6 nitrogen and oxygen atoms in total. The standard InChI is InChI=1S/C13H26N2O4.ClH/c1-12(2,3)9(14)7-8(10(16)17)15-11(18)19-13(4,5)6;/h8-9H,7,14H2,1-6H3,(H,15,18)(H,16,17);1H. The van der Waals surface area contributed by atoms with Crippen LogP contribution in [0.1, 0.15) is 48.0 Å². The van der Waals surface area contributed by atoms with Crippen molar-refractivity contribution in [2.24, 2.45) is 11.1 Å². The second kappa shape index (κ2) is 7.69. The van der Waals surface area contributed by atoms with E-state index in [1.54, 1.807) is 20.8 Å². The van der Waals surface area contributed by atoms with Gasteiger partial charge in [0.15, 0.2) is 0 Å². The fourth-order valence-corrected chi connectivity index (χ4v) is 1.28. The summed E-state index contributed by atoms with van der Waals surface area (Å²) >= 11 is 0. The van der Waals surface area contributed by atoms with Gasteiger partial charge in [0.05, 0.1) is 0 Å². The van der Waals surface area contributed by atoms with Gasteiger partial charge in [0.1, 0.15) is 11.6 Å². The van der Waals surface area contributed by atoms with Crippen LogP contribution in [0.4, 0.5) is 4.79 Å². The molecule has 0 rings (SSSR count). The maximum Gasteiger partial charge on any atom is 0.408 e. The Kier molecular flexibility index (Phi) is 8.18. The minimum Gasteiger partial charge on any atom is -0.480 e. The summed E-state index contributed by atoms with van der Waals surface area (Å²) in [5, 5.41) is 11.4. The summed E-state index contributed by atoms with van der Waals surface area (Å²) in [5.41, 5.74) is 5.04. The first-order chi connectivity index (χ1) is 8.33. The third-order valence-electron chi connectivity index (χ3n) is 2.59. The van der Waals surface area contributed by atoms with Crippen molar-refractivity contribution in [1.29, 1.82) is 0 Å². The van der Waals surface area contributed by atoms with Crippen LogP contribution in [0.3, 0.4) is 0 Å². The lowest BCUT2D eigenvalue weighted by atomic mass is 9.84. The van der Waals surface area contributed by atoms with Crippen LogP contribution in [0.2, 0.25) is 0 Å². The lowest BCUT2D eigenvalue weighted by molar-refractivity contribution is -0.139. The predicted octanol–water partition coefficient (Wildman–Crippen LogP) is 2.15. The summed E-state index contributed by atoms with van der Waals surface area (Å²) in [6, 6.07) is -1.40. The topological polar surface area (TPSA) is 102 Å². The van der Waals surface area contributed by atoms with Crippen molar-refractivity contribution >= 4 is 24.5 Å². The molecule has 0 aromatic heterocycles. The van der Waals surface area contributed by atoms with E-state index in [1.165, 1.54) is 0 Å². The summed E-state index contributed by atoms with van der Waals surface area (Å²) in [6.07, 6.45) is -0.598. The van der Waals surface area contributed by atoms with Gasteiger partial charge in [-0.1, -0.05) is 20.8 Å². The molecule has 1 amide bonds. The van der Waals surface area contributed by atoms with Crippen LogP contribution in [0.25, 0.3) is 0 Å². The molecule has 0 aliphatic heterocycles. The Labute approximate surface area is 126 Å². The quantitative estimate of drug-likeness (QED) is 0.738. The highest BCUT2D eigenvalue weighted by molar-refractivity contribution is 5.85. The number of carboxylic acids is 1. The number of aliphatic carboxylic acids is 1. The van der Waals surface area contributed by atoms with Crippen molar-refractivity contribution in [1.82, 2.24) is 5.32 Å². The smallest absolute Gasteiger partial charge is 0.408 e. The molecular formula is C13H27ClN2O4. The van der Waals surface area contributed by atoms with E-state index >= 15 is 0 Å². The monoisotopic (exact) mass is 310 g/mol. The van der Waals surface area contributed by atoms with E-state index in [0.29, 0.717) is 0 Å². The molecule has 0 fully saturated rings. The normalized spacial score (nSPS) is 14.8.